The fraction of sp³-hybridized carbons (Fsp3) is 0. The topological polar surface area (TPSA) is 50.2 Å². The third-order valence-electron chi connectivity index (χ3n) is 0.994. The molecule has 0 fully saturated rings. The first-order valence-corrected chi connectivity index (χ1v) is 2.94. The van der Waals surface area contributed by atoms with Gasteiger partial charge < -0.3 is 5.11 Å². The van der Waals surface area contributed by atoms with E-state index in [1.54, 1.807) is 24.5 Å². The highest BCUT2D eigenvalue weighted by molar-refractivity contribution is 5.87. The van der Waals surface area contributed by atoms with Gasteiger partial charge in [-0.15, -0.1) is 0 Å². The van der Waals surface area contributed by atoms with Crippen LogP contribution in [0.25, 0.3) is 0 Å². The van der Waals surface area contributed by atoms with Gasteiger partial charge in [0.2, 0.25) is 0 Å². The van der Waals surface area contributed by atoms with Crippen molar-refractivity contribution in [3.63, 3.8) is 0 Å². The summed E-state index contributed by atoms with van der Waals surface area (Å²) < 4.78 is 0. The lowest BCUT2D eigenvalue weighted by atomic mass is 10.3. The van der Waals surface area contributed by atoms with Gasteiger partial charge in [-0.05, 0) is 12.1 Å². The highest BCUT2D eigenvalue weighted by Gasteiger charge is 1.84. The first kappa shape index (κ1) is 7.29. The molecule has 1 heterocycles. The Morgan fingerprint density at radius 2 is 2.09 bits per heavy atom. The van der Waals surface area contributed by atoms with Gasteiger partial charge in [0.15, 0.2) is 0 Å². The van der Waals surface area contributed by atoms with E-state index in [0.29, 0.717) is 5.56 Å². The molecule has 0 aromatic carbocycles. The molecule has 1 rings (SSSR count). The predicted octanol–water partition coefficient (Wildman–Crippen LogP) is 0.518. The Hall–Kier alpha value is -1.82. The van der Waals surface area contributed by atoms with Crippen LogP contribution in [0.2, 0.25) is 0 Å². The van der Waals surface area contributed by atoms with Crippen LogP contribution in [0.1, 0.15) is 5.56 Å². The van der Waals surface area contributed by atoms with Crippen molar-refractivity contribution in [1.82, 2.24) is 4.98 Å². The summed E-state index contributed by atoms with van der Waals surface area (Å²) in [6, 6.07) is 3.30. The second-order valence-corrected chi connectivity index (χ2v) is 1.79. The quantitative estimate of drug-likeness (QED) is 0.544. The maximum Gasteiger partial charge on any atom is 0.382 e. The molecule has 3 nitrogen and oxygen atoms in total. The number of nitrogens with zero attached hydrogens (tertiary/aromatic N) is 1. The minimum atomic E-state index is -1.12. The summed E-state index contributed by atoms with van der Waals surface area (Å²) in [6.07, 6.45) is 3.12. The second kappa shape index (κ2) is 3.37. The van der Waals surface area contributed by atoms with E-state index in [0.717, 1.165) is 0 Å². The van der Waals surface area contributed by atoms with E-state index in [4.69, 9.17) is 5.11 Å². The zero-order valence-electron chi connectivity index (χ0n) is 5.61. The van der Waals surface area contributed by atoms with Crippen molar-refractivity contribution in [2.24, 2.45) is 0 Å². The number of hydrogen-bond acceptors (Lipinski definition) is 2. The van der Waals surface area contributed by atoms with Crippen LogP contribution < -0.4 is 0 Å². The van der Waals surface area contributed by atoms with Crippen LogP contribution in [-0.4, -0.2) is 16.1 Å². The zero-order chi connectivity index (χ0) is 8.10. The summed E-state index contributed by atoms with van der Waals surface area (Å²) in [5.74, 6) is 3.33. The van der Waals surface area contributed by atoms with E-state index >= 15 is 0 Å². The number of aliphatic carboxylic acids is 1. The summed E-state index contributed by atoms with van der Waals surface area (Å²) in [7, 11) is 0. The van der Waals surface area contributed by atoms with Crippen molar-refractivity contribution in [1.29, 1.82) is 0 Å². The number of hydrogen-bond donors (Lipinski definition) is 1. The van der Waals surface area contributed by atoms with Crippen LogP contribution >= 0.6 is 0 Å². The van der Waals surface area contributed by atoms with Gasteiger partial charge >= 0.3 is 5.97 Å². The zero-order valence-corrected chi connectivity index (χ0v) is 5.61. The molecule has 0 saturated heterocycles. The van der Waals surface area contributed by atoms with E-state index in [9.17, 15) is 4.79 Å². The third kappa shape index (κ3) is 2.50. The molecule has 0 amide bonds. The van der Waals surface area contributed by atoms with Gasteiger partial charge in [0.25, 0.3) is 0 Å². The molecule has 0 atom stereocenters. The largest absolute Gasteiger partial charge is 0.472 e. The molecule has 0 saturated carbocycles. The average Bonchev–Trinajstić information content (AvgIpc) is 2.03. The number of pyridine rings is 1. The summed E-state index contributed by atoms with van der Waals surface area (Å²) in [5.41, 5.74) is 0.655. The molecule has 0 aliphatic rings. The summed E-state index contributed by atoms with van der Waals surface area (Å²) in [5, 5.41) is 8.19. The summed E-state index contributed by atoms with van der Waals surface area (Å²) >= 11 is 0. The summed E-state index contributed by atoms with van der Waals surface area (Å²) in [6.45, 7) is 0. The monoisotopic (exact) mass is 147 g/mol. The average molecular weight is 147 g/mol. The van der Waals surface area contributed by atoms with Crippen LogP contribution in [-0.2, 0) is 4.79 Å². The SMILES string of the molecule is O=C(O)C#Cc1ccncc1. The predicted molar refractivity (Wildman–Crippen MR) is 38.8 cm³/mol. The van der Waals surface area contributed by atoms with Crippen molar-refractivity contribution in [3.05, 3.63) is 30.1 Å². The van der Waals surface area contributed by atoms with Gasteiger partial charge in [-0.1, -0.05) is 5.92 Å². The van der Waals surface area contributed by atoms with Crippen LogP contribution in [0, 0.1) is 11.8 Å². The van der Waals surface area contributed by atoms with Crippen LogP contribution in [0.15, 0.2) is 24.5 Å². The molecule has 3 heteroatoms. The maximum absolute atomic E-state index is 9.98. The maximum atomic E-state index is 9.98. The molecule has 0 aliphatic carbocycles. The molecule has 11 heavy (non-hydrogen) atoms. The lowest BCUT2D eigenvalue weighted by Crippen LogP contribution is -1.86. The van der Waals surface area contributed by atoms with Crippen molar-refractivity contribution in [3.8, 4) is 11.8 Å². The van der Waals surface area contributed by atoms with Gasteiger partial charge in [-0.3, -0.25) is 4.98 Å². The number of rotatable bonds is 0. The molecule has 0 spiro atoms. The van der Waals surface area contributed by atoms with Gasteiger partial charge in [0.05, 0.1) is 0 Å². The lowest BCUT2D eigenvalue weighted by Gasteiger charge is -1.83. The fourth-order valence-corrected chi connectivity index (χ4v) is 0.561. The molecule has 0 unspecified atom stereocenters. The molecular weight excluding hydrogens is 142 g/mol. The van der Waals surface area contributed by atoms with Gasteiger partial charge in [0.1, 0.15) is 0 Å². The van der Waals surface area contributed by atoms with E-state index in [-0.39, 0.29) is 0 Å². The molecule has 0 bridgehead atoms. The highest BCUT2D eigenvalue weighted by Crippen LogP contribution is 1.91. The van der Waals surface area contributed by atoms with E-state index in [1.807, 2.05) is 5.92 Å². The first-order valence-electron chi connectivity index (χ1n) is 2.94. The standard InChI is InChI=1S/C8H5NO2/c10-8(11)2-1-7-3-5-9-6-4-7/h3-6H,(H,10,11). The van der Waals surface area contributed by atoms with Crippen LogP contribution in [0.3, 0.4) is 0 Å². The molecular formula is C8H5NO2. The van der Waals surface area contributed by atoms with Crippen molar-refractivity contribution in [2.75, 3.05) is 0 Å². The third-order valence-corrected chi connectivity index (χ3v) is 0.994. The van der Waals surface area contributed by atoms with E-state index in [2.05, 4.69) is 10.9 Å². The molecule has 0 radical (unpaired) electrons. The summed E-state index contributed by atoms with van der Waals surface area (Å²) in [4.78, 5) is 13.7. The molecule has 1 N–H and O–H groups in total. The van der Waals surface area contributed by atoms with Crippen molar-refractivity contribution < 1.29 is 9.90 Å². The minimum Gasteiger partial charge on any atom is -0.472 e. The Kier molecular flexibility index (Phi) is 2.24. The minimum absolute atomic E-state index is 0.655. The van der Waals surface area contributed by atoms with Crippen LogP contribution in [0.4, 0.5) is 0 Å². The van der Waals surface area contributed by atoms with Gasteiger partial charge in [-0.2, -0.15) is 0 Å². The van der Waals surface area contributed by atoms with E-state index < -0.39 is 5.97 Å². The molecule has 1 aromatic heterocycles. The number of carboxylic acid groups (broad SMARTS) is 1. The van der Waals surface area contributed by atoms with E-state index in [1.165, 1.54) is 0 Å². The molecule has 54 valence electrons. The normalized spacial score (nSPS) is 8.00. The Balaban J connectivity index is 2.83. The Morgan fingerprint density at radius 3 is 2.64 bits per heavy atom. The lowest BCUT2D eigenvalue weighted by molar-refractivity contribution is -0.130. The molecule has 1 aromatic rings. The fourth-order valence-electron chi connectivity index (χ4n) is 0.561. The van der Waals surface area contributed by atoms with Gasteiger partial charge in [-0.25, -0.2) is 4.79 Å². The highest BCUT2D eigenvalue weighted by atomic mass is 16.4. The molecule has 0 aliphatic heterocycles. The second-order valence-electron chi connectivity index (χ2n) is 1.79. The number of carboxylic acids is 1. The number of aromatic nitrogens is 1. The number of carbonyl (C=O) groups is 1. The van der Waals surface area contributed by atoms with Crippen molar-refractivity contribution >= 4 is 5.97 Å². The Bertz CT molecular complexity index is 308. The van der Waals surface area contributed by atoms with Crippen LogP contribution in [0.5, 0.6) is 0 Å². The smallest absolute Gasteiger partial charge is 0.382 e. The Labute approximate surface area is 63.7 Å². The first-order chi connectivity index (χ1) is 5.29. The van der Waals surface area contributed by atoms with Crippen molar-refractivity contribution in [2.45, 2.75) is 0 Å². The Morgan fingerprint density at radius 1 is 1.45 bits per heavy atom. The van der Waals surface area contributed by atoms with Gasteiger partial charge in [0, 0.05) is 23.9 Å².